The summed E-state index contributed by atoms with van der Waals surface area (Å²) < 4.78 is 17.1. The quantitative estimate of drug-likeness (QED) is 0.162. The highest BCUT2D eigenvalue weighted by Crippen LogP contribution is 2.34. The van der Waals surface area contributed by atoms with Gasteiger partial charge < -0.3 is 16.4 Å². The Kier molecular flexibility index (Phi) is 9.39. The summed E-state index contributed by atoms with van der Waals surface area (Å²) in [6, 6.07) is 13.5. The third-order valence-electron chi connectivity index (χ3n) is 5.91. The Morgan fingerprint density at radius 3 is 2.60 bits per heavy atom. The molecule has 0 bridgehead atoms. The van der Waals surface area contributed by atoms with Crippen LogP contribution in [0.5, 0.6) is 0 Å². The number of benzene rings is 1. The van der Waals surface area contributed by atoms with Gasteiger partial charge in [0.2, 0.25) is 6.41 Å². The zero-order valence-corrected chi connectivity index (χ0v) is 22.5. The number of allylic oxidation sites excluding steroid dienone is 3. The maximum atomic E-state index is 13.6. The van der Waals surface area contributed by atoms with E-state index in [0.29, 0.717) is 17.2 Å². The molecule has 5 N–H and O–H groups in total. The zero-order valence-electron chi connectivity index (χ0n) is 21.7. The molecule has 0 spiro atoms. The van der Waals surface area contributed by atoms with E-state index in [9.17, 15) is 4.39 Å². The van der Waals surface area contributed by atoms with Gasteiger partial charge in [0.05, 0.1) is 23.5 Å². The predicted molar refractivity (Wildman–Crippen MR) is 155 cm³/mol. The smallest absolute Gasteiger partial charge is 0.204 e. The Balaban J connectivity index is 0.00000118. The first-order chi connectivity index (χ1) is 19.4. The second-order valence-electron chi connectivity index (χ2n) is 8.64. The number of halogens is 1. The molecule has 5 rings (SSSR count). The Labute approximate surface area is 235 Å². The van der Waals surface area contributed by atoms with Crippen LogP contribution in [0.2, 0.25) is 0 Å². The summed E-state index contributed by atoms with van der Waals surface area (Å²) >= 11 is 5.45. The predicted octanol–water partition coefficient (Wildman–Crippen LogP) is 2.97. The Morgan fingerprint density at radius 1 is 1.15 bits per heavy atom. The van der Waals surface area contributed by atoms with Crippen molar-refractivity contribution in [2.24, 2.45) is 5.73 Å². The lowest BCUT2D eigenvalue weighted by molar-refractivity contribution is -0.106. The van der Waals surface area contributed by atoms with E-state index in [2.05, 4.69) is 21.4 Å². The van der Waals surface area contributed by atoms with Gasteiger partial charge >= 0.3 is 0 Å². The fourth-order valence-electron chi connectivity index (χ4n) is 4.08. The highest BCUT2D eigenvalue weighted by Gasteiger charge is 2.23. The van der Waals surface area contributed by atoms with E-state index in [1.165, 1.54) is 16.8 Å². The third-order valence-corrected chi connectivity index (χ3v) is 6.25. The molecule has 4 heterocycles. The minimum Gasteiger partial charge on any atom is -0.372 e. The maximum absolute atomic E-state index is 13.6. The Bertz CT molecular complexity index is 1610. The van der Waals surface area contributed by atoms with Crippen molar-refractivity contribution in [3.8, 4) is 22.5 Å². The van der Waals surface area contributed by atoms with Gasteiger partial charge in [-0.15, -0.1) is 0 Å². The molecule has 0 radical (unpaired) electrons. The van der Waals surface area contributed by atoms with Crippen molar-refractivity contribution in [3.05, 3.63) is 101 Å². The average Bonchev–Trinajstić information content (AvgIpc) is 3.35. The topological polar surface area (TPSA) is 140 Å². The molecular weight excluding hydrogens is 529 g/mol. The van der Waals surface area contributed by atoms with Gasteiger partial charge in [-0.2, -0.15) is 10.2 Å². The SMILES string of the molecule is C/C(=C\C=C\n1nc(-c2c(-c3ccc(F)cc3)nn3c2CNCC3)ccc1=N)NC(=S)c1ccncc1.NC=O. The van der Waals surface area contributed by atoms with Gasteiger partial charge in [-0.05, 0) is 67.6 Å². The van der Waals surface area contributed by atoms with Crippen LogP contribution >= 0.6 is 12.2 Å². The van der Waals surface area contributed by atoms with Crippen LogP contribution < -0.4 is 21.9 Å². The van der Waals surface area contributed by atoms with Crippen LogP contribution in [0, 0.1) is 11.2 Å². The van der Waals surface area contributed by atoms with E-state index in [1.54, 1.807) is 36.8 Å². The van der Waals surface area contributed by atoms with Gasteiger partial charge in [0.25, 0.3) is 0 Å². The number of fused-ring (bicyclic) bond motifs is 1. The van der Waals surface area contributed by atoms with Crippen molar-refractivity contribution >= 4 is 29.8 Å². The van der Waals surface area contributed by atoms with E-state index in [0.717, 1.165) is 46.9 Å². The van der Waals surface area contributed by atoms with Crippen molar-refractivity contribution in [2.75, 3.05) is 6.54 Å². The van der Waals surface area contributed by atoms with Crippen LogP contribution in [-0.2, 0) is 17.9 Å². The first-order valence-corrected chi connectivity index (χ1v) is 12.7. The first kappa shape index (κ1) is 28.2. The number of carbonyl (C=O) groups excluding carboxylic acids is 1. The van der Waals surface area contributed by atoms with Crippen molar-refractivity contribution in [2.45, 2.75) is 20.0 Å². The van der Waals surface area contributed by atoms with Crippen molar-refractivity contribution in [1.82, 2.24) is 35.2 Å². The third kappa shape index (κ3) is 6.79. The molecule has 1 aliphatic rings. The number of rotatable bonds is 6. The molecule has 12 heteroatoms. The summed E-state index contributed by atoms with van der Waals surface area (Å²) in [5, 5.41) is 24.5. The molecule has 1 aliphatic heterocycles. The minimum absolute atomic E-state index is 0.230. The molecule has 0 saturated carbocycles. The molecule has 40 heavy (non-hydrogen) atoms. The van der Waals surface area contributed by atoms with Crippen LogP contribution in [0.4, 0.5) is 4.39 Å². The number of nitrogens with two attached hydrogens (primary N) is 1. The molecule has 10 nitrogen and oxygen atoms in total. The minimum atomic E-state index is -0.296. The number of hydrogen-bond acceptors (Lipinski definition) is 7. The van der Waals surface area contributed by atoms with Crippen molar-refractivity contribution < 1.29 is 9.18 Å². The van der Waals surface area contributed by atoms with Crippen LogP contribution in [0.3, 0.4) is 0 Å². The Morgan fingerprint density at radius 2 is 1.88 bits per heavy atom. The maximum Gasteiger partial charge on any atom is 0.204 e. The highest BCUT2D eigenvalue weighted by molar-refractivity contribution is 7.80. The fourth-order valence-corrected chi connectivity index (χ4v) is 4.38. The number of pyridine rings is 1. The molecule has 0 fully saturated rings. The number of primary amides is 1. The standard InChI is InChI=1S/C27H25FN8S.CH3NO/c1-18(32-27(37)20-10-12-30-13-11-20)3-2-15-36-24(29)9-8-22(33-36)25-23-17-31-14-16-35(23)34-26(25)19-4-6-21(28)7-5-19;2-1-3/h2-13,15,29,31H,14,16-17H2,1H3,(H,32,37);1H,(H2,2,3)/b15-2+,18-3+,29-24?;. The lowest BCUT2D eigenvalue weighted by atomic mass is 10.0. The van der Waals surface area contributed by atoms with Gasteiger partial charge in [-0.1, -0.05) is 12.2 Å². The summed E-state index contributed by atoms with van der Waals surface area (Å²) in [7, 11) is 0. The highest BCUT2D eigenvalue weighted by atomic mass is 32.1. The van der Waals surface area contributed by atoms with Crippen LogP contribution in [0.25, 0.3) is 28.7 Å². The largest absolute Gasteiger partial charge is 0.372 e. The monoisotopic (exact) mass is 557 g/mol. The van der Waals surface area contributed by atoms with Crippen LogP contribution in [-0.4, -0.2) is 42.5 Å². The number of carbonyl (C=O) groups is 1. The molecule has 0 unspecified atom stereocenters. The number of nitrogens with zero attached hydrogens (tertiary/aromatic N) is 5. The summed E-state index contributed by atoms with van der Waals surface area (Å²) in [6.07, 6.45) is 9.04. The molecule has 0 atom stereocenters. The van der Waals surface area contributed by atoms with Crippen molar-refractivity contribution in [3.63, 3.8) is 0 Å². The molecule has 0 aliphatic carbocycles. The number of hydrogen-bond donors (Lipinski definition) is 4. The zero-order chi connectivity index (χ0) is 28.5. The summed E-state index contributed by atoms with van der Waals surface area (Å²) in [4.78, 5) is 13.2. The summed E-state index contributed by atoms with van der Waals surface area (Å²) in [5.74, 6) is -0.296. The average molecular weight is 558 g/mol. The lowest BCUT2D eigenvalue weighted by Crippen LogP contribution is -2.28. The molecule has 1 aromatic carbocycles. The molecule has 204 valence electrons. The van der Waals surface area contributed by atoms with Crippen LogP contribution in [0.15, 0.2) is 78.8 Å². The van der Waals surface area contributed by atoms with Crippen molar-refractivity contribution in [1.29, 1.82) is 5.41 Å². The van der Waals surface area contributed by atoms with Crippen LogP contribution in [0.1, 0.15) is 18.2 Å². The number of aromatic nitrogens is 5. The number of amides is 1. The van der Waals surface area contributed by atoms with Gasteiger partial charge in [0.15, 0.2) is 0 Å². The Hall–Kier alpha value is -4.81. The summed E-state index contributed by atoms with van der Waals surface area (Å²) in [5.41, 5.74) is 10.2. The molecular formula is C28H28FN9OS. The van der Waals surface area contributed by atoms with E-state index in [-0.39, 0.29) is 17.7 Å². The first-order valence-electron chi connectivity index (χ1n) is 12.3. The normalized spacial score (nSPS) is 12.8. The summed E-state index contributed by atoms with van der Waals surface area (Å²) in [6.45, 7) is 4.12. The van der Waals surface area contributed by atoms with Gasteiger partial charge in [-0.3, -0.25) is 19.9 Å². The molecule has 3 aromatic heterocycles. The van der Waals surface area contributed by atoms with Gasteiger partial charge in [-0.25, -0.2) is 9.07 Å². The fraction of sp³-hybridized carbons (Fsp3) is 0.143. The van der Waals surface area contributed by atoms with Gasteiger partial charge in [0.1, 0.15) is 22.0 Å². The lowest BCUT2D eigenvalue weighted by Gasteiger charge is -2.16. The van der Waals surface area contributed by atoms with E-state index in [1.807, 2.05) is 42.0 Å². The second kappa shape index (κ2) is 13.3. The van der Waals surface area contributed by atoms with Gasteiger partial charge in [0, 0.05) is 48.5 Å². The van der Waals surface area contributed by atoms with E-state index >= 15 is 0 Å². The molecule has 4 aromatic rings. The van der Waals surface area contributed by atoms with E-state index in [4.69, 9.17) is 32.6 Å². The molecule has 0 saturated heterocycles. The number of thiocarbonyl (C=S) groups is 1. The number of nitrogens with one attached hydrogen (secondary N) is 3. The molecule has 1 amide bonds. The van der Waals surface area contributed by atoms with E-state index < -0.39 is 0 Å². The second-order valence-corrected chi connectivity index (χ2v) is 9.05.